The van der Waals surface area contributed by atoms with Gasteiger partial charge in [-0.3, -0.25) is 0 Å². The Morgan fingerprint density at radius 3 is 2.07 bits per heavy atom. The van der Waals surface area contributed by atoms with Crippen LogP contribution < -0.4 is 0 Å². The third kappa shape index (κ3) is 3.23. The van der Waals surface area contributed by atoms with Gasteiger partial charge in [0.25, 0.3) is 0 Å². The molecule has 0 saturated carbocycles. The summed E-state index contributed by atoms with van der Waals surface area (Å²) >= 11 is 0. The molecule has 4 aliphatic heterocycles. The van der Waals surface area contributed by atoms with E-state index in [9.17, 15) is 10.2 Å². The second kappa shape index (κ2) is 6.07. The Labute approximate surface area is 158 Å². The van der Waals surface area contributed by atoms with Gasteiger partial charge in [0, 0.05) is 0 Å². The maximum atomic E-state index is 10.5. The molecule has 156 valence electrons. The Bertz CT molecular complexity index is 591. The Kier molecular flexibility index (Phi) is 4.48. The summed E-state index contributed by atoms with van der Waals surface area (Å²) in [4.78, 5) is 0. The van der Waals surface area contributed by atoms with Gasteiger partial charge in [-0.05, 0) is 41.5 Å². The van der Waals surface area contributed by atoms with Crippen molar-refractivity contribution < 1.29 is 43.4 Å². The maximum absolute atomic E-state index is 10.5. The minimum atomic E-state index is -1.37. The highest BCUT2D eigenvalue weighted by molar-refractivity contribution is 5.11. The molecule has 0 aromatic carbocycles. The van der Waals surface area contributed by atoms with Crippen LogP contribution in [0.1, 0.15) is 41.5 Å². The summed E-state index contributed by atoms with van der Waals surface area (Å²) in [5.41, 5.74) is -1.37. The molecule has 0 aromatic rings. The van der Waals surface area contributed by atoms with E-state index in [4.69, 9.17) is 33.2 Å². The predicted molar refractivity (Wildman–Crippen MR) is 89.5 cm³/mol. The fourth-order valence-electron chi connectivity index (χ4n) is 4.50. The van der Waals surface area contributed by atoms with Crippen molar-refractivity contribution in [3.8, 4) is 0 Å². The highest BCUT2D eigenvalue weighted by atomic mass is 16.8. The first-order valence-corrected chi connectivity index (χ1v) is 9.38. The zero-order chi connectivity index (χ0) is 19.8. The second-order valence-electron chi connectivity index (χ2n) is 9.04. The molecule has 0 radical (unpaired) electrons. The monoisotopic (exact) mass is 390 g/mol. The molecule has 4 rings (SSSR count). The molecular formula is C18H30O9. The molecule has 2 N–H and O–H groups in total. The molecule has 4 heterocycles. The standard InChI is InChI=1S/C18H30O9/c1-15(2)21-7-9(23-15)10-11(25-16(3,4)24-10)12-13-18(8-19,14(20)22-12)27-17(5,6)26-13/h9-14,19-20H,7-8H2,1-6H3/t9-,10-,11+,12+,13-,14-,18-/m1/s1. The molecule has 4 fully saturated rings. The van der Waals surface area contributed by atoms with Crippen LogP contribution in [-0.4, -0.2) is 83.2 Å². The second-order valence-corrected chi connectivity index (χ2v) is 9.04. The number of hydrogen-bond donors (Lipinski definition) is 2. The van der Waals surface area contributed by atoms with E-state index in [0.717, 1.165) is 0 Å². The van der Waals surface area contributed by atoms with Crippen molar-refractivity contribution in [1.29, 1.82) is 0 Å². The smallest absolute Gasteiger partial charge is 0.189 e. The Hall–Kier alpha value is -0.360. The first-order chi connectivity index (χ1) is 12.4. The summed E-state index contributed by atoms with van der Waals surface area (Å²) in [7, 11) is 0. The number of fused-ring (bicyclic) bond motifs is 1. The zero-order valence-electron chi connectivity index (χ0n) is 16.6. The van der Waals surface area contributed by atoms with Crippen molar-refractivity contribution in [2.24, 2.45) is 0 Å². The van der Waals surface area contributed by atoms with E-state index in [2.05, 4.69) is 0 Å². The molecule has 4 aliphatic rings. The predicted octanol–water partition coefficient (Wildman–Crippen LogP) is 0.258. The molecule has 0 unspecified atom stereocenters. The van der Waals surface area contributed by atoms with Crippen molar-refractivity contribution >= 4 is 0 Å². The van der Waals surface area contributed by atoms with Crippen LogP contribution in [0.5, 0.6) is 0 Å². The van der Waals surface area contributed by atoms with Gasteiger partial charge in [-0.1, -0.05) is 0 Å². The molecule has 7 atom stereocenters. The van der Waals surface area contributed by atoms with Crippen LogP contribution in [0.2, 0.25) is 0 Å². The Morgan fingerprint density at radius 1 is 0.815 bits per heavy atom. The number of aliphatic hydroxyl groups is 2. The lowest BCUT2D eigenvalue weighted by Gasteiger charge is -2.29. The van der Waals surface area contributed by atoms with Gasteiger partial charge >= 0.3 is 0 Å². The number of rotatable bonds is 3. The van der Waals surface area contributed by atoms with Crippen LogP contribution in [0, 0.1) is 0 Å². The molecular weight excluding hydrogens is 360 g/mol. The first-order valence-electron chi connectivity index (χ1n) is 9.38. The maximum Gasteiger partial charge on any atom is 0.189 e. The third-order valence-corrected chi connectivity index (χ3v) is 5.46. The Morgan fingerprint density at radius 2 is 1.48 bits per heavy atom. The van der Waals surface area contributed by atoms with Crippen molar-refractivity contribution in [1.82, 2.24) is 0 Å². The van der Waals surface area contributed by atoms with Crippen molar-refractivity contribution in [2.45, 2.75) is 101 Å². The van der Waals surface area contributed by atoms with Gasteiger partial charge in [-0.25, -0.2) is 0 Å². The number of ether oxygens (including phenoxy) is 7. The van der Waals surface area contributed by atoms with E-state index < -0.39 is 60.3 Å². The van der Waals surface area contributed by atoms with Gasteiger partial charge in [0.2, 0.25) is 0 Å². The average Bonchev–Trinajstić information content (AvgIpc) is 3.20. The van der Waals surface area contributed by atoms with Gasteiger partial charge in [-0.2, -0.15) is 0 Å². The van der Waals surface area contributed by atoms with Gasteiger partial charge in [0.15, 0.2) is 29.3 Å². The quantitative estimate of drug-likeness (QED) is 0.702. The molecule has 9 nitrogen and oxygen atoms in total. The lowest BCUT2D eigenvalue weighted by atomic mass is 9.91. The van der Waals surface area contributed by atoms with E-state index in [0.29, 0.717) is 6.61 Å². The van der Waals surface area contributed by atoms with Crippen molar-refractivity contribution in [2.75, 3.05) is 13.2 Å². The minimum absolute atomic E-state index is 0.349. The largest absolute Gasteiger partial charge is 0.393 e. The van der Waals surface area contributed by atoms with Crippen molar-refractivity contribution in [3.63, 3.8) is 0 Å². The summed E-state index contributed by atoms with van der Waals surface area (Å²) in [5, 5.41) is 20.5. The SMILES string of the molecule is CC1(C)O[C@H]([C@@H]2O[C@@H](O)[C@]3(CO)OC(C)(C)O[C@H]23)[C@@H]([C@H]2COC(C)(C)O2)O1. The van der Waals surface area contributed by atoms with Crippen LogP contribution in [0.25, 0.3) is 0 Å². The number of aliphatic hydroxyl groups excluding tert-OH is 2. The lowest BCUT2D eigenvalue weighted by Crippen LogP contribution is -2.53. The van der Waals surface area contributed by atoms with Crippen LogP contribution in [0.15, 0.2) is 0 Å². The summed E-state index contributed by atoms with van der Waals surface area (Å²) in [5.74, 6) is -2.57. The van der Waals surface area contributed by atoms with Crippen LogP contribution in [-0.2, 0) is 33.2 Å². The van der Waals surface area contributed by atoms with E-state index >= 15 is 0 Å². The minimum Gasteiger partial charge on any atom is -0.393 e. The van der Waals surface area contributed by atoms with Gasteiger partial charge < -0.3 is 43.4 Å². The summed E-state index contributed by atoms with van der Waals surface area (Å²) in [6, 6.07) is 0. The Balaban J connectivity index is 1.63. The molecule has 9 heteroatoms. The molecule has 0 amide bonds. The average molecular weight is 390 g/mol. The van der Waals surface area contributed by atoms with E-state index in [1.54, 1.807) is 13.8 Å². The summed E-state index contributed by atoms with van der Waals surface area (Å²) in [6.45, 7) is 10.7. The molecule has 0 bridgehead atoms. The highest BCUT2D eigenvalue weighted by Crippen LogP contribution is 2.49. The fraction of sp³-hybridized carbons (Fsp3) is 1.00. The topological polar surface area (TPSA) is 105 Å². The first kappa shape index (κ1) is 19.9. The van der Waals surface area contributed by atoms with Gasteiger partial charge in [0.1, 0.15) is 30.5 Å². The van der Waals surface area contributed by atoms with E-state index in [-0.39, 0.29) is 6.10 Å². The normalized spacial score (nSPS) is 50.2. The van der Waals surface area contributed by atoms with Crippen LogP contribution >= 0.6 is 0 Å². The molecule has 27 heavy (non-hydrogen) atoms. The fourth-order valence-corrected chi connectivity index (χ4v) is 4.50. The molecule has 0 aromatic heterocycles. The van der Waals surface area contributed by atoms with Gasteiger partial charge in [-0.15, -0.1) is 0 Å². The van der Waals surface area contributed by atoms with E-state index in [1.807, 2.05) is 27.7 Å². The zero-order valence-corrected chi connectivity index (χ0v) is 16.6. The van der Waals surface area contributed by atoms with Gasteiger partial charge in [0.05, 0.1) is 13.2 Å². The molecule has 0 aliphatic carbocycles. The highest BCUT2D eigenvalue weighted by Gasteiger charge is 2.69. The van der Waals surface area contributed by atoms with E-state index in [1.165, 1.54) is 0 Å². The van der Waals surface area contributed by atoms with Crippen LogP contribution in [0.4, 0.5) is 0 Å². The number of hydrogen-bond acceptors (Lipinski definition) is 9. The molecule has 0 spiro atoms. The molecule has 4 saturated heterocycles. The van der Waals surface area contributed by atoms with Crippen LogP contribution in [0.3, 0.4) is 0 Å². The lowest BCUT2D eigenvalue weighted by molar-refractivity contribution is -0.261. The summed E-state index contributed by atoms with van der Waals surface area (Å²) in [6.07, 6.45) is -4.27. The third-order valence-electron chi connectivity index (χ3n) is 5.46. The summed E-state index contributed by atoms with van der Waals surface area (Å²) < 4.78 is 41.5. The van der Waals surface area contributed by atoms with Crippen molar-refractivity contribution in [3.05, 3.63) is 0 Å².